The number of nitrogens with two attached hydrogens (primary N) is 1. The third kappa shape index (κ3) is 2.19. The average Bonchev–Trinajstić information content (AvgIpc) is 3.11. The normalized spacial score (nSPS) is 11.4. The van der Waals surface area contributed by atoms with Crippen molar-refractivity contribution in [1.82, 2.24) is 29.7 Å². The second kappa shape index (κ2) is 5.61. The van der Waals surface area contributed by atoms with Crippen LogP contribution in [0.15, 0.2) is 12.7 Å². The summed E-state index contributed by atoms with van der Waals surface area (Å²) in [4.78, 5) is 15.8. The number of hydrogen-bond acceptors (Lipinski definition) is 5. The van der Waals surface area contributed by atoms with E-state index in [1.807, 2.05) is 4.68 Å². The maximum atomic E-state index is 5.75. The van der Waals surface area contributed by atoms with Crippen molar-refractivity contribution in [3.63, 3.8) is 0 Å². The molecule has 0 atom stereocenters. The molecule has 0 fully saturated rings. The molecule has 0 saturated heterocycles. The highest BCUT2D eigenvalue weighted by atomic mass is 15.3. The van der Waals surface area contributed by atoms with Gasteiger partial charge in [-0.1, -0.05) is 13.8 Å². The van der Waals surface area contributed by atoms with E-state index in [0.717, 1.165) is 42.0 Å². The van der Waals surface area contributed by atoms with Crippen LogP contribution in [0, 0.1) is 0 Å². The number of H-pyrrole nitrogens is 1. The lowest BCUT2D eigenvalue weighted by molar-refractivity contribution is 0.773. The number of rotatable bonds is 5. The van der Waals surface area contributed by atoms with Gasteiger partial charge in [-0.2, -0.15) is 5.10 Å². The first-order chi connectivity index (χ1) is 10.3. The number of imidazole rings is 1. The van der Waals surface area contributed by atoms with Gasteiger partial charge >= 0.3 is 0 Å². The number of hydrogen-bond donors (Lipinski definition) is 2. The summed E-state index contributed by atoms with van der Waals surface area (Å²) in [7, 11) is 0. The largest absolute Gasteiger partial charge is 0.340 e. The Labute approximate surface area is 122 Å². The van der Waals surface area contributed by atoms with Gasteiger partial charge in [-0.3, -0.25) is 0 Å². The van der Waals surface area contributed by atoms with Gasteiger partial charge in [-0.15, -0.1) is 0 Å². The third-order valence-electron chi connectivity index (χ3n) is 3.64. The first kappa shape index (κ1) is 13.7. The minimum atomic E-state index is 0.620. The molecule has 21 heavy (non-hydrogen) atoms. The Morgan fingerprint density at radius 2 is 2.05 bits per heavy atom. The van der Waals surface area contributed by atoms with Crippen molar-refractivity contribution in [3.8, 4) is 5.82 Å². The van der Waals surface area contributed by atoms with E-state index in [0.29, 0.717) is 12.2 Å². The van der Waals surface area contributed by atoms with Crippen LogP contribution in [0.2, 0.25) is 0 Å². The van der Waals surface area contributed by atoms with E-state index in [9.17, 15) is 0 Å². The highest BCUT2D eigenvalue weighted by Crippen LogP contribution is 2.22. The zero-order valence-corrected chi connectivity index (χ0v) is 12.3. The molecule has 0 amide bonds. The molecule has 0 bridgehead atoms. The van der Waals surface area contributed by atoms with Gasteiger partial charge in [0.25, 0.3) is 0 Å². The van der Waals surface area contributed by atoms with Crippen molar-refractivity contribution in [2.45, 2.75) is 33.1 Å². The quantitative estimate of drug-likeness (QED) is 0.733. The molecule has 110 valence electrons. The number of aromatic amines is 1. The van der Waals surface area contributed by atoms with E-state index >= 15 is 0 Å². The van der Waals surface area contributed by atoms with E-state index < -0.39 is 0 Å². The van der Waals surface area contributed by atoms with Crippen LogP contribution >= 0.6 is 0 Å². The fourth-order valence-electron chi connectivity index (χ4n) is 2.70. The molecular formula is C14H19N7. The molecule has 3 rings (SSSR count). The van der Waals surface area contributed by atoms with E-state index in [1.165, 1.54) is 11.9 Å². The zero-order chi connectivity index (χ0) is 14.8. The summed E-state index contributed by atoms with van der Waals surface area (Å²) in [6, 6.07) is 0. The lowest BCUT2D eigenvalue weighted by atomic mass is 10.1. The number of aryl methyl sites for hydroxylation is 1. The first-order valence-corrected chi connectivity index (χ1v) is 7.24. The van der Waals surface area contributed by atoms with Crippen LogP contribution in [-0.4, -0.2) is 36.3 Å². The summed E-state index contributed by atoms with van der Waals surface area (Å²) < 4.78 is 1.91. The summed E-state index contributed by atoms with van der Waals surface area (Å²) in [6.45, 7) is 4.85. The Morgan fingerprint density at radius 1 is 1.19 bits per heavy atom. The molecule has 3 aromatic heterocycles. The molecule has 3 aromatic rings. The molecule has 0 aliphatic heterocycles. The maximum absolute atomic E-state index is 5.75. The fourth-order valence-corrected chi connectivity index (χ4v) is 2.70. The maximum Gasteiger partial charge on any atom is 0.182 e. The molecule has 3 heterocycles. The number of nitrogens with zero attached hydrogens (tertiary/aromatic N) is 5. The van der Waals surface area contributed by atoms with E-state index in [-0.39, 0.29) is 0 Å². The van der Waals surface area contributed by atoms with Gasteiger partial charge in [0.1, 0.15) is 11.8 Å². The molecule has 7 nitrogen and oxygen atoms in total. The van der Waals surface area contributed by atoms with Crippen LogP contribution in [-0.2, 0) is 19.3 Å². The Hall–Kier alpha value is -2.28. The van der Waals surface area contributed by atoms with Crippen molar-refractivity contribution < 1.29 is 0 Å². The predicted octanol–water partition coefficient (Wildman–Crippen LogP) is 1.16. The fraction of sp³-hybridized carbons (Fsp3) is 0.429. The molecule has 0 spiro atoms. The van der Waals surface area contributed by atoms with Crippen LogP contribution in [0.1, 0.15) is 30.8 Å². The van der Waals surface area contributed by atoms with Gasteiger partial charge in [-0.25, -0.2) is 19.6 Å². The summed E-state index contributed by atoms with van der Waals surface area (Å²) in [5.74, 6) is 0.743. The average molecular weight is 285 g/mol. The van der Waals surface area contributed by atoms with E-state index in [4.69, 9.17) is 10.8 Å². The van der Waals surface area contributed by atoms with Crippen molar-refractivity contribution >= 4 is 11.2 Å². The minimum Gasteiger partial charge on any atom is -0.340 e. The molecule has 0 aliphatic carbocycles. The second-order valence-electron chi connectivity index (χ2n) is 4.83. The van der Waals surface area contributed by atoms with Gasteiger partial charge in [0.15, 0.2) is 11.5 Å². The molecule has 0 aromatic carbocycles. The number of nitrogens with one attached hydrogen (secondary N) is 1. The molecule has 0 aliphatic rings. The standard InChI is InChI=1S/C14H19N7/c1-3-10-9(5-6-15)11(4-2)21(20-10)14-12-13(17-7-16-12)18-8-19-14/h7-8H,3-6,15H2,1-2H3,(H,16,17,18,19). The Kier molecular flexibility index (Phi) is 3.66. The van der Waals surface area contributed by atoms with Crippen molar-refractivity contribution in [3.05, 3.63) is 29.6 Å². The zero-order valence-electron chi connectivity index (χ0n) is 12.3. The minimum absolute atomic E-state index is 0.620. The number of aromatic nitrogens is 6. The molecule has 0 unspecified atom stereocenters. The highest BCUT2D eigenvalue weighted by molar-refractivity contribution is 5.77. The lowest BCUT2D eigenvalue weighted by Crippen LogP contribution is -2.08. The summed E-state index contributed by atoms with van der Waals surface area (Å²) in [6.07, 6.45) is 5.74. The number of fused-ring (bicyclic) bond motifs is 1. The monoisotopic (exact) mass is 285 g/mol. The van der Waals surface area contributed by atoms with Gasteiger partial charge < -0.3 is 10.7 Å². The first-order valence-electron chi connectivity index (χ1n) is 7.24. The van der Waals surface area contributed by atoms with Crippen molar-refractivity contribution in [2.24, 2.45) is 5.73 Å². The molecule has 0 radical (unpaired) electrons. The van der Waals surface area contributed by atoms with Crippen molar-refractivity contribution in [1.29, 1.82) is 0 Å². The van der Waals surface area contributed by atoms with E-state index in [1.54, 1.807) is 6.33 Å². The Bertz CT molecular complexity index is 756. The summed E-state index contributed by atoms with van der Waals surface area (Å²) in [5, 5.41) is 4.74. The highest BCUT2D eigenvalue weighted by Gasteiger charge is 2.19. The summed E-state index contributed by atoms with van der Waals surface area (Å²) >= 11 is 0. The molecule has 0 saturated carbocycles. The Morgan fingerprint density at radius 3 is 2.76 bits per heavy atom. The van der Waals surface area contributed by atoms with Crippen LogP contribution in [0.3, 0.4) is 0 Å². The predicted molar refractivity (Wildman–Crippen MR) is 80.3 cm³/mol. The van der Waals surface area contributed by atoms with Crippen LogP contribution in [0.5, 0.6) is 0 Å². The van der Waals surface area contributed by atoms with Crippen molar-refractivity contribution in [2.75, 3.05) is 6.54 Å². The molecule has 3 N–H and O–H groups in total. The second-order valence-corrected chi connectivity index (χ2v) is 4.83. The lowest BCUT2D eigenvalue weighted by Gasteiger charge is -2.07. The molecule has 7 heteroatoms. The molecular weight excluding hydrogens is 266 g/mol. The van der Waals surface area contributed by atoms with Crippen LogP contribution < -0.4 is 5.73 Å². The summed E-state index contributed by atoms with van der Waals surface area (Å²) in [5.41, 5.74) is 10.7. The topological polar surface area (TPSA) is 98.3 Å². The van der Waals surface area contributed by atoms with Gasteiger partial charge in [-0.05, 0) is 31.4 Å². The van der Waals surface area contributed by atoms with Gasteiger partial charge in [0.2, 0.25) is 0 Å². The van der Waals surface area contributed by atoms with Gasteiger partial charge in [0, 0.05) is 5.69 Å². The SMILES string of the molecule is CCc1nn(-c2ncnc3nc[nH]c23)c(CC)c1CCN. The third-order valence-corrected chi connectivity index (χ3v) is 3.64. The van der Waals surface area contributed by atoms with Crippen LogP contribution in [0.25, 0.3) is 17.0 Å². The van der Waals surface area contributed by atoms with Gasteiger partial charge in [0.05, 0.1) is 12.0 Å². The smallest absolute Gasteiger partial charge is 0.182 e. The Balaban J connectivity index is 2.24. The van der Waals surface area contributed by atoms with E-state index in [2.05, 4.69) is 33.8 Å². The van der Waals surface area contributed by atoms with Crippen LogP contribution in [0.4, 0.5) is 0 Å².